The van der Waals surface area contributed by atoms with Gasteiger partial charge in [0.1, 0.15) is 17.5 Å². The van der Waals surface area contributed by atoms with E-state index in [1.54, 1.807) is 10.9 Å². The van der Waals surface area contributed by atoms with Crippen LogP contribution in [0, 0.1) is 18.7 Å². The Bertz CT molecular complexity index is 1120. The first-order valence-electron chi connectivity index (χ1n) is 10.3. The minimum absolute atomic E-state index is 0.0991. The zero-order valence-electron chi connectivity index (χ0n) is 16.5. The van der Waals surface area contributed by atoms with Crippen LogP contribution in [-0.4, -0.2) is 32.6 Å². The molecule has 1 aromatic carbocycles. The fraction of sp³-hybridized carbons (Fsp3) is 0.455. The summed E-state index contributed by atoms with van der Waals surface area (Å²) in [5.74, 6) is 2.61. The Morgan fingerprint density at radius 1 is 1.10 bits per heavy atom. The second-order valence-corrected chi connectivity index (χ2v) is 8.29. The number of anilines is 1. The lowest BCUT2D eigenvalue weighted by Crippen LogP contribution is -2.37. The average molecular weight is 393 g/mol. The number of hydrogen-bond acceptors (Lipinski definition) is 5. The summed E-state index contributed by atoms with van der Waals surface area (Å²) in [5.41, 5.74) is 1.34. The minimum Gasteiger partial charge on any atom is -0.356 e. The summed E-state index contributed by atoms with van der Waals surface area (Å²) in [6, 6.07) is 6.21. The summed E-state index contributed by atoms with van der Waals surface area (Å²) in [5, 5.41) is 0.468. The SMILES string of the molecule is Cc1cc(N2CCC(Cn3cnc4cc(F)ccc4c3=O)CC2)nc(C2CC2)n1. The molecule has 0 N–H and O–H groups in total. The third-order valence-electron chi connectivity index (χ3n) is 5.98. The number of aromatic nitrogens is 4. The number of aryl methyl sites for hydroxylation is 1. The van der Waals surface area contributed by atoms with Crippen LogP contribution >= 0.6 is 0 Å². The van der Waals surface area contributed by atoms with E-state index in [4.69, 9.17) is 4.98 Å². The van der Waals surface area contributed by atoms with Gasteiger partial charge in [0.25, 0.3) is 5.56 Å². The van der Waals surface area contributed by atoms with Gasteiger partial charge in [-0.3, -0.25) is 9.36 Å². The van der Waals surface area contributed by atoms with E-state index < -0.39 is 0 Å². The number of piperidine rings is 1. The second-order valence-electron chi connectivity index (χ2n) is 8.29. The Balaban J connectivity index is 1.28. The Morgan fingerprint density at radius 3 is 2.66 bits per heavy atom. The molecule has 3 aromatic rings. The van der Waals surface area contributed by atoms with E-state index in [9.17, 15) is 9.18 Å². The quantitative estimate of drug-likeness (QED) is 0.680. The van der Waals surface area contributed by atoms with Gasteiger partial charge in [0.2, 0.25) is 0 Å². The molecule has 29 heavy (non-hydrogen) atoms. The molecule has 0 radical (unpaired) electrons. The monoisotopic (exact) mass is 393 g/mol. The molecule has 2 aliphatic rings. The van der Waals surface area contributed by atoms with Crippen LogP contribution in [0.25, 0.3) is 10.9 Å². The van der Waals surface area contributed by atoms with Crippen molar-refractivity contribution in [1.29, 1.82) is 0 Å². The van der Waals surface area contributed by atoms with Crippen molar-refractivity contribution in [3.8, 4) is 0 Å². The molecular formula is C22H24FN5O. The van der Waals surface area contributed by atoms with Crippen molar-refractivity contribution in [1.82, 2.24) is 19.5 Å². The first-order valence-corrected chi connectivity index (χ1v) is 10.3. The number of halogens is 1. The molecular weight excluding hydrogens is 369 g/mol. The molecule has 150 valence electrons. The van der Waals surface area contributed by atoms with Crippen molar-refractivity contribution in [2.75, 3.05) is 18.0 Å². The topological polar surface area (TPSA) is 63.9 Å². The molecule has 1 aliphatic carbocycles. The fourth-order valence-electron chi connectivity index (χ4n) is 4.14. The molecule has 2 aromatic heterocycles. The third kappa shape index (κ3) is 3.73. The first-order chi connectivity index (χ1) is 14.1. The average Bonchev–Trinajstić information content (AvgIpc) is 3.56. The maximum absolute atomic E-state index is 13.4. The number of hydrogen-bond donors (Lipinski definition) is 0. The zero-order valence-corrected chi connectivity index (χ0v) is 16.5. The lowest BCUT2D eigenvalue weighted by Gasteiger charge is -2.33. The molecule has 1 aliphatic heterocycles. The van der Waals surface area contributed by atoms with Crippen LogP contribution in [0.5, 0.6) is 0 Å². The van der Waals surface area contributed by atoms with Gasteiger partial charge >= 0.3 is 0 Å². The molecule has 0 atom stereocenters. The van der Waals surface area contributed by atoms with Gasteiger partial charge in [0.15, 0.2) is 0 Å². The van der Waals surface area contributed by atoms with Gasteiger partial charge in [-0.05, 0) is 50.7 Å². The molecule has 3 heterocycles. The van der Waals surface area contributed by atoms with E-state index in [1.807, 2.05) is 6.92 Å². The minimum atomic E-state index is -0.376. The second kappa shape index (κ2) is 7.21. The highest BCUT2D eigenvalue weighted by molar-refractivity contribution is 5.77. The van der Waals surface area contributed by atoms with Crippen LogP contribution in [0.3, 0.4) is 0 Å². The largest absolute Gasteiger partial charge is 0.356 e. The lowest BCUT2D eigenvalue weighted by molar-refractivity contribution is 0.351. The van der Waals surface area contributed by atoms with Crippen molar-refractivity contribution in [2.24, 2.45) is 5.92 Å². The molecule has 1 saturated carbocycles. The third-order valence-corrected chi connectivity index (χ3v) is 5.98. The Morgan fingerprint density at radius 2 is 1.90 bits per heavy atom. The highest BCUT2D eigenvalue weighted by Crippen LogP contribution is 2.38. The van der Waals surface area contributed by atoms with Crippen LogP contribution in [0.2, 0.25) is 0 Å². The first kappa shape index (κ1) is 18.2. The van der Waals surface area contributed by atoms with Crippen molar-refractivity contribution in [2.45, 2.75) is 45.1 Å². The van der Waals surface area contributed by atoms with E-state index in [-0.39, 0.29) is 11.4 Å². The summed E-state index contributed by atoms with van der Waals surface area (Å²) < 4.78 is 15.0. The van der Waals surface area contributed by atoms with Gasteiger partial charge in [-0.2, -0.15) is 0 Å². The molecule has 2 fully saturated rings. The standard InChI is InChI=1S/C22H24FN5O/c1-14-10-20(26-21(25-14)16-2-3-16)27-8-6-15(7-9-27)12-28-13-24-19-11-17(23)4-5-18(19)22(28)29/h4-5,10-11,13,15-16H,2-3,6-9,12H2,1H3. The van der Waals surface area contributed by atoms with Crippen LogP contribution in [0.4, 0.5) is 10.2 Å². The van der Waals surface area contributed by atoms with Gasteiger partial charge in [0, 0.05) is 43.4 Å². The molecule has 6 nitrogen and oxygen atoms in total. The van der Waals surface area contributed by atoms with E-state index in [2.05, 4.69) is 20.9 Å². The molecule has 5 rings (SSSR count). The summed E-state index contributed by atoms with van der Waals surface area (Å²) in [7, 11) is 0. The predicted molar refractivity (Wildman–Crippen MR) is 110 cm³/mol. The Hall–Kier alpha value is -2.83. The summed E-state index contributed by atoms with van der Waals surface area (Å²) in [6.45, 7) is 4.52. The molecule has 0 unspecified atom stereocenters. The Kier molecular flexibility index (Phi) is 4.53. The van der Waals surface area contributed by atoms with E-state index in [1.165, 1.54) is 31.0 Å². The molecule has 7 heteroatoms. The summed E-state index contributed by atoms with van der Waals surface area (Å²) in [6.07, 6.45) is 5.94. The van der Waals surface area contributed by atoms with Crippen LogP contribution in [0.1, 0.15) is 43.1 Å². The highest BCUT2D eigenvalue weighted by atomic mass is 19.1. The van der Waals surface area contributed by atoms with Crippen molar-refractivity contribution in [3.63, 3.8) is 0 Å². The lowest BCUT2D eigenvalue weighted by atomic mass is 9.96. The van der Waals surface area contributed by atoms with Gasteiger partial charge in [-0.25, -0.2) is 19.3 Å². The fourth-order valence-corrected chi connectivity index (χ4v) is 4.14. The van der Waals surface area contributed by atoms with Crippen LogP contribution < -0.4 is 10.5 Å². The summed E-state index contributed by atoms with van der Waals surface area (Å²) >= 11 is 0. The highest BCUT2D eigenvalue weighted by Gasteiger charge is 2.28. The number of rotatable bonds is 4. The van der Waals surface area contributed by atoms with E-state index in [0.29, 0.717) is 29.3 Å². The Labute approximate surface area is 168 Å². The zero-order chi connectivity index (χ0) is 20.0. The van der Waals surface area contributed by atoms with Gasteiger partial charge < -0.3 is 4.90 Å². The van der Waals surface area contributed by atoms with E-state index in [0.717, 1.165) is 43.3 Å². The number of nitrogens with zero attached hydrogens (tertiary/aromatic N) is 5. The maximum Gasteiger partial charge on any atom is 0.261 e. The molecule has 0 spiro atoms. The molecule has 0 bridgehead atoms. The predicted octanol–water partition coefficient (Wildman–Crippen LogP) is 3.43. The normalized spacial score (nSPS) is 17.8. The van der Waals surface area contributed by atoms with Gasteiger partial charge in [-0.1, -0.05) is 0 Å². The number of fused-ring (bicyclic) bond motifs is 1. The van der Waals surface area contributed by atoms with Gasteiger partial charge in [-0.15, -0.1) is 0 Å². The molecule has 1 saturated heterocycles. The van der Waals surface area contributed by atoms with Crippen molar-refractivity contribution in [3.05, 3.63) is 58.3 Å². The number of benzene rings is 1. The van der Waals surface area contributed by atoms with Crippen molar-refractivity contribution < 1.29 is 4.39 Å². The maximum atomic E-state index is 13.4. The smallest absolute Gasteiger partial charge is 0.261 e. The summed E-state index contributed by atoms with van der Waals surface area (Å²) in [4.78, 5) is 28.7. The molecule has 0 amide bonds. The van der Waals surface area contributed by atoms with Gasteiger partial charge in [0.05, 0.1) is 17.2 Å². The van der Waals surface area contributed by atoms with Crippen molar-refractivity contribution >= 4 is 16.7 Å². The van der Waals surface area contributed by atoms with Crippen LogP contribution in [0.15, 0.2) is 35.4 Å². The van der Waals surface area contributed by atoms with Crippen LogP contribution in [-0.2, 0) is 6.54 Å². The van der Waals surface area contributed by atoms with E-state index >= 15 is 0 Å².